The van der Waals surface area contributed by atoms with Crippen molar-refractivity contribution >= 4 is 35.8 Å². The van der Waals surface area contributed by atoms with Crippen molar-refractivity contribution in [1.29, 1.82) is 0 Å². The Morgan fingerprint density at radius 2 is 1.90 bits per heavy atom. The van der Waals surface area contributed by atoms with Gasteiger partial charge < -0.3 is 24.7 Å². The number of carbonyl (C=O) groups excluding carboxylic acids is 1. The van der Waals surface area contributed by atoms with Crippen LogP contribution >= 0.6 is 24.0 Å². The Morgan fingerprint density at radius 3 is 2.53 bits per heavy atom. The van der Waals surface area contributed by atoms with Crippen LogP contribution in [0.5, 0.6) is 0 Å². The first-order chi connectivity index (χ1) is 14.2. The van der Waals surface area contributed by atoms with Crippen LogP contribution in [0.2, 0.25) is 0 Å². The zero-order chi connectivity index (χ0) is 20.5. The van der Waals surface area contributed by atoms with Crippen LogP contribution in [-0.4, -0.2) is 62.7 Å². The van der Waals surface area contributed by atoms with E-state index in [1.54, 1.807) is 12.3 Å². The summed E-state index contributed by atoms with van der Waals surface area (Å²) in [6.45, 7) is 6.13. The molecule has 170 valence electrons. The number of halogens is 1. The van der Waals surface area contributed by atoms with Crippen LogP contribution in [-0.2, 0) is 4.74 Å². The first-order valence-electron chi connectivity index (χ1n) is 11.1. The van der Waals surface area contributed by atoms with Gasteiger partial charge >= 0.3 is 0 Å². The number of hydrogen-bond acceptors (Lipinski definition) is 4. The second kappa shape index (κ2) is 13.2. The van der Waals surface area contributed by atoms with E-state index in [4.69, 9.17) is 9.15 Å². The molecule has 0 radical (unpaired) electrons. The highest BCUT2D eigenvalue weighted by molar-refractivity contribution is 14.0. The van der Waals surface area contributed by atoms with Crippen molar-refractivity contribution < 1.29 is 13.9 Å². The number of piperidine rings is 1. The van der Waals surface area contributed by atoms with Crippen molar-refractivity contribution in [2.45, 2.75) is 58.0 Å². The average Bonchev–Trinajstić information content (AvgIpc) is 3.41. The summed E-state index contributed by atoms with van der Waals surface area (Å²) < 4.78 is 11.4. The minimum Gasteiger partial charge on any atom is -0.459 e. The van der Waals surface area contributed by atoms with Gasteiger partial charge in [0.2, 0.25) is 0 Å². The Bertz CT molecular complexity index is 665. The van der Waals surface area contributed by atoms with Gasteiger partial charge in [0.05, 0.1) is 12.4 Å². The van der Waals surface area contributed by atoms with Crippen molar-refractivity contribution in [3.63, 3.8) is 0 Å². The van der Waals surface area contributed by atoms with Gasteiger partial charge in [0, 0.05) is 45.4 Å². The number of furan rings is 1. The molecule has 7 nitrogen and oxygen atoms in total. The molecule has 2 fully saturated rings. The summed E-state index contributed by atoms with van der Waals surface area (Å²) in [5.74, 6) is 1.97. The van der Waals surface area contributed by atoms with Gasteiger partial charge in [-0.25, -0.2) is 0 Å². The monoisotopic (exact) mass is 532 g/mol. The summed E-state index contributed by atoms with van der Waals surface area (Å²) in [7, 11) is 1.83. The molecule has 1 aliphatic heterocycles. The molecule has 0 aromatic carbocycles. The molecule has 8 heteroatoms. The number of amides is 1. The lowest BCUT2D eigenvalue weighted by Crippen LogP contribution is -2.47. The Morgan fingerprint density at radius 1 is 1.20 bits per heavy atom. The third-order valence-corrected chi connectivity index (χ3v) is 5.99. The average molecular weight is 532 g/mol. The predicted octanol–water partition coefficient (Wildman–Crippen LogP) is 3.57. The summed E-state index contributed by atoms with van der Waals surface area (Å²) in [6.07, 6.45) is 10.3. The van der Waals surface area contributed by atoms with Crippen LogP contribution in [0.1, 0.15) is 61.1 Å². The highest BCUT2D eigenvalue weighted by atomic mass is 127. The van der Waals surface area contributed by atoms with E-state index in [0.717, 1.165) is 62.9 Å². The second-order valence-corrected chi connectivity index (χ2v) is 8.19. The fourth-order valence-corrected chi connectivity index (χ4v) is 4.19. The Kier molecular flexibility index (Phi) is 11.0. The maximum absolute atomic E-state index is 12.0. The fraction of sp³-hybridized carbons (Fsp3) is 0.727. The van der Waals surface area contributed by atoms with Gasteiger partial charge in [-0.05, 0) is 51.0 Å². The van der Waals surface area contributed by atoms with E-state index in [2.05, 4.69) is 20.5 Å². The summed E-state index contributed by atoms with van der Waals surface area (Å²) >= 11 is 0. The van der Waals surface area contributed by atoms with Gasteiger partial charge in [-0.15, -0.1) is 24.0 Å². The fourth-order valence-electron chi connectivity index (χ4n) is 4.19. The van der Waals surface area contributed by atoms with E-state index >= 15 is 0 Å². The maximum Gasteiger partial charge on any atom is 0.287 e. The molecule has 1 saturated carbocycles. The molecule has 1 amide bonds. The van der Waals surface area contributed by atoms with Gasteiger partial charge in [0.15, 0.2) is 11.7 Å². The van der Waals surface area contributed by atoms with E-state index in [1.165, 1.54) is 25.7 Å². The highest BCUT2D eigenvalue weighted by Crippen LogP contribution is 2.26. The summed E-state index contributed by atoms with van der Waals surface area (Å²) in [5, 5.41) is 6.31. The molecule has 1 aromatic rings. The Balaban J connectivity index is 0.00000320. The third-order valence-electron chi connectivity index (χ3n) is 5.99. The molecule has 0 atom stereocenters. The number of ether oxygens (including phenoxy) is 1. The van der Waals surface area contributed by atoms with Gasteiger partial charge in [0.25, 0.3) is 5.91 Å². The lowest BCUT2D eigenvalue weighted by Gasteiger charge is -2.34. The van der Waals surface area contributed by atoms with E-state index in [9.17, 15) is 4.79 Å². The topological polar surface area (TPSA) is 79.1 Å². The number of rotatable bonds is 8. The first-order valence-corrected chi connectivity index (χ1v) is 11.1. The molecule has 1 aliphatic carbocycles. The lowest BCUT2D eigenvalue weighted by atomic mass is 10.1. The zero-order valence-corrected chi connectivity index (χ0v) is 20.7. The molecular formula is C22H37IN4O3. The van der Waals surface area contributed by atoms with Gasteiger partial charge in [-0.2, -0.15) is 0 Å². The summed E-state index contributed by atoms with van der Waals surface area (Å²) in [5.41, 5.74) is 0.858. The Hall–Kier alpha value is -1.29. The number of aryl methyl sites for hydroxylation is 1. The number of aliphatic imine (C=N–C) groups is 1. The van der Waals surface area contributed by atoms with Crippen molar-refractivity contribution in [3.05, 3.63) is 23.7 Å². The molecule has 3 rings (SSSR count). The van der Waals surface area contributed by atoms with Gasteiger partial charge in [-0.1, -0.05) is 12.8 Å². The lowest BCUT2D eigenvalue weighted by molar-refractivity contribution is 0.00102. The molecule has 30 heavy (non-hydrogen) atoms. The van der Waals surface area contributed by atoms with Crippen LogP contribution in [0, 0.1) is 12.8 Å². The zero-order valence-electron chi connectivity index (χ0n) is 18.3. The molecular weight excluding hydrogens is 495 g/mol. The number of guanidine groups is 1. The normalized spacial score (nSPS) is 18.3. The van der Waals surface area contributed by atoms with Gasteiger partial charge in [-0.3, -0.25) is 9.79 Å². The van der Waals surface area contributed by atoms with Crippen molar-refractivity contribution in [1.82, 2.24) is 15.5 Å². The minimum atomic E-state index is -0.156. The van der Waals surface area contributed by atoms with E-state index in [0.29, 0.717) is 18.4 Å². The Labute approximate surface area is 197 Å². The molecule has 2 aliphatic rings. The van der Waals surface area contributed by atoms with Crippen LogP contribution < -0.4 is 10.6 Å². The number of nitrogens with zero attached hydrogens (tertiary/aromatic N) is 2. The largest absolute Gasteiger partial charge is 0.459 e. The van der Waals surface area contributed by atoms with E-state index in [-0.39, 0.29) is 29.9 Å². The summed E-state index contributed by atoms with van der Waals surface area (Å²) in [6, 6.07) is 1.80. The smallest absolute Gasteiger partial charge is 0.287 e. The van der Waals surface area contributed by atoms with E-state index in [1.807, 2.05) is 14.0 Å². The number of nitrogens with one attached hydrogen (secondary N) is 2. The highest BCUT2D eigenvalue weighted by Gasteiger charge is 2.23. The van der Waals surface area contributed by atoms with Gasteiger partial charge in [0.1, 0.15) is 0 Å². The van der Waals surface area contributed by atoms with E-state index < -0.39 is 0 Å². The van der Waals surface area contributed by atoms with Crippen LogP contribution in [0.25, 0.3) is 0 Å². The number of carbonyl (C=O) groups is 1. The summed E-state index contributed by atoms with van der Waals surface area (Å²) in [4.78, 5) is 18.8. The molecule has 2 N–H and O–H groups in total. The predicted molar refractivity (Wildman–Crippen MR) is 130 cm³/mol. The SMILES string of the molecule is CN=C(NCCCNC(=O)c1occc1C)N1CCC(OCC2CCCC2)CC1.I. The molecule has 1 aromatic heterocycles. The van der Waals surface area contributed by atoms with Crippen LogP contribution in [0.15, 0.2) is 21.7 Å². The first kappa shape index (κ1) is 25.0. The minimum absolute atomic E-state index is 0. The third kappa shape index (κ3) is 7.44. The maximum atomic E-state index is 12.0. The quantitative estimate of drug-likeness (QED) is 0.232. The van der Waals surface area contributed by atoms with Crippen LogP contribution in [0.3, 0.4) is 0 Å². The molecule has 1 saturated heterocycles. The molecule has 0 unspecified atom stereocenters. The molecule has 0 spiro atoms. The molecule has 0 bridgehead atoms. The number of hydrogen-bond donors (Lipinski definition) is 2. The van der Waals surface area contributed by atoms with Crippen molar-refractivity contribution in [2.24, 2.45) is 10.9 Å². The number of likely N-dealkylation sites (tertiary alicyclic amines) is 1. The molecule has 2 heterocycles. The van der Waals surface area contributed by atoms with Crippen molar-refractivity contribution in [3.8, 4) is 0 Å². The second-order valence-electron chi connectivity index (χ2n) is 8.19. The van der Waals surface area contributed by atoms with Crippen LogP contribution in [0.4, 0.5) is 0 Å². The standard InChI is InChI=1S/C22H36N4O3.HI/c1-17-10-15-28-20(17)21(27)24-11-5-12-25-22(23-2)26-13-8-19(9-14-26)29-16-18-6-3-4-7-18;/h10,15,18-19H,3-9,11-14,16H2,1-2H3,(H,23,25)(H,24,27);1H. The van der Waals surface area contributed by atoms with Crippen molar-refractivity contribution in [2.75, 3.05) is 39.8 Å².